The molecular formula is C14H16F3N3. The minimum absolute atomic E-state index is 0.0194. The Bertz CT molecular complexity index is 614. The van der Waals surface area contributed by atoms with Crippen LogP contribution in [0.4, 0.5) is 13.2 Å². The molecule has 1 aromatic heterocycles. The molecule has 2 aromatic rings. The van der Waals surface area contributed by atoms with Gasteiger partial charge in [0.1, 0.15) is 12.4 Å². The maximum Gasteiger partial charge on any atom is 0.406 e. The average molecular weight is 283 g/mol. The van der Waals surface area contributed by atoms with Crippen LogP contribution in [0.1, 0.15) is 18.7 Å². The van der Waals surface area contributed by atoms with Crippen molar-refractivity contribution in [3.05, 3.63) is 30.1 Å². The highest BCUT2D eigenvalue weighted by Gasteiger charge is 2.34. The molecule has 1 aliphatic rings. The second kappa shape index (κ2) is 4.77. The summed E-state index contributed by atoms with van der Waals surface area (Å²) in [6.45, 7) is 2.67. The fourth-order valence-electron chi connectivity index (χ4n) is 2.66. The highest BCUT2D eigenvalue weighted by atomic mass is 19.4. The molecule has 1 aromatic carbocycles. The smallest absolute Gasteiger partial charge is 0.319 e. The van der Waals surface area contributed by atoms with Crippen molar-refractivity contribution in [1.82, 2.24) is 14.9 Å². The van der Waals surface area contributed by atoms with E-state index in [2.05, 4.69) is 10.3 Å². The van der Waals surface area contributed by atoms with Gasteiger partial charge in [-0.15, -0.1) is 0 Å². The van der Waals surface area contributed by atoms with Gasteiger partial charge >= 0.3 is 6.18 Å². The lowest BCUT2D eigenvalue weighted by Gasteiger charge is -2.32. The van der Waals surface area contributed by atoms with Crippen molar-refractivity contribution in [3.63, 3.8) is 0 Å². The van der Waals surface area contributed by atoms with Crippen molar-refractivity contribution in [1.29, 1.82) is 0 Å². The number of aromatic nitrogens is 2. The second-order valence-electron chi connectivity index (χ2n) is 5.37. The van der Waals surface area contributed by atoms with E-state index in [1.165, 1.54) is 4.57 Å². The first-order valence-corrected chi connectivity index (χ1v) is 6.68. The van der Waals surface area contributed by atoms with Gasteiger partial charge in [-0.3, -0.25) is 0 Å². The van der Waals surface area contributed by atoms with Gasteiger partial charge in [0.05, 0.1) is 11.0 Å². The number of benzene rings is 1. The van der Waals surface area contributed by atoms with Crippen LogP contribution in [0.3, 0.4) is 0 Å². The summed E-state index contributed by atoms with van der Waals surface area (Å²) < 4.78 is 39.8. The largest absolute Gasteiger partial charge is 0.406 e. The molecule has 0 radical (unpaired) electrons. The van der Waals surface area contributed by atoms with Gasteiger partial charge in [-0.25, -0.2) is 4.98 Å². The fourth-order valence-corrected chi connectivity index (χ4v) is 2.66. The van der Waals surface area contributed by atoms with E-state index in [-0.39, 0.29) is 5.92 Å². The van der Waals surface area contributed by atoms with Crippen LogP contribution in [-0.2, 0) is 6.54 Å². The number of para-hydroxylation sites is 2. The molecule has 6 heteroatoms. The van der Waals surface area contributed by atoms with Crippen molar-refractivity contribution in [3.8, 4) is 0 Å². The molecule has 3 nitrogen and oxygen atoms in total. The lowest BCUT2D eigenvalue weighted by Crippen LogP contribution is -2.45. The first-order chi connectivity index (χ1) is 9.46. The summed E-state index contributed by atoms with van der Waals surface area (Å²) in [5.41, 5.74) is 1.19. The van der Waals surface area contributed by atoms with Gasteiger partial charge in [-0.1, -0.05) is 19.1 Å². The number of hydrogen-bond acceptors (Lipinski definition) is 2. The molecule has 1 atom stereocenters. The molecular weight excluding hydrogens is 267 g/mol. The fraction of sp³-hybridized carbons (Fsp3) is 0.500. The van der Waals surface area contributed by atoms with Crippen molar-refractivity contribution in [2.24, 2.45) is 5.92 Å². The Morgan fingerprint density at radius 3 is 2.65 bits per heavy atom. The number of alkyl halides is 3. The van der Waals surface area contributed by atoms with E-state index in [0.29, 0.717) is 22.8 Å². The third kappa shape index (κ3) is 2.40. The zero-order chi connectivity index (χ0) is 14.3. The molecule has 1 fully saturated rings. The highest BCUT2D eigenvalue weighted by molar-refractivity contribution is 5.76. The van der Waals surface area contributed by atoms with Crippen molar-refractivity contribution >= 4 is 11.0 Å². The Balaban J connectivity index is 2.06. The molecule has 1 saturated heterocycles. The molecule has 0 bridgehead atoms. The van der Waals surface area contributed by atoms with E-state index in [4.69, 9.17) is 0 Å². The maximum atomic E-state index is 12.8. The first kappa shape index (κ1) is 13.4. The number of hydrogen-bond donors (Lipinski definition) is 1. The van der Waals surface area contributed by atoms with Gasteiger partial charge in [-0.05, 0) is 31.1 Å². The van der Waals surface area contributed by atoms with Crippen molar-refractivity contribution < 1.29 is 13.2 Å². The molecule has 0 amide bonds. The standard InChI is InChI=1S/C14H16F3N3/c1-9(10-6-18-7-10)13-19-11-4-2-3-5-12(11)20(13)8-14(15,16)17/h2-5,9-10,18H,6-8H2,1H3. The summed E-state index contributed by atoms with van der Waals surface area (Å²) in [6.07, 6.45) is -4.24. The van der Waals surface area contributed by atoms with Crippen LogP contribution in [0.5, 0.6) is 0 Å². The van der Waals surface area contributed by atoms with Crippen LogP contribution in [-0.4, -0.2) is 28.8 Å². The minimum Gasteiger partial charge on any atom is -0.319 e. The van der Waals surface area contributed by atoms with E-state index in [1.807, 2.05) is 6.92 Å². The molecule has 3 rings (SSSR count). The van der Waals surface area contributed by atoms with Crippen LogP contribution in [0, 0.1) is 5.92 Å². The third-order valence-electron chi connectivity index (χ3n) is 3.95. The van der Waals surface area contributed by atoms with E-state index in [9.17, 15) is 13.2 Å². The first-order valence-electron chi connectivity index (χ1n) is 6.68. The number of halogens is 3. The van der Waals surface area contributed by atoms with Gasteiger partial charge in [0.15, 0.2) is 0 Å². The van der Waals surface area contributed by atoms with Gasteiger partial charge in [0, 0.05) is 5.92 Å². The number of nitrogens with zero attached hydrogens (tertiary/aromatic N) is 2. The van der Waals surface area contributed by atoms with Crippen LogP contribution >= 0.6 is 0 Å². The second-order valence-corrected chi connectivity index (χ2v) is 5.37. The predicted octanol–water partition coefficient (Wildman–Crippen LogP) is 2.92. The molecule has 0 saturated carbocycles. The Morgan fingerprint density at radius 1 is 1.35 bits per heavy atom. The molecule has 1 N–H and O–H groups in total. The Morgan fingerprint density at radius 2 is 2.05 bits per heavy atom. The van der Waals surface area contributed by atoms with Gasteiger partial charge in [0.25, 0.3) is 0 Å². The van der Waals surface area contributed by atoms with Crippen molar-refractivity contribution in [2.45, 2.75) is 25.6 Å². The normalized spacial score (nSPS) is 18.2. The van der Waals surface area contributed by atoms with Crippen molar-refractivity contribution in [2.75, 3.05) is 13.1 Å². The predicted molar refractivity (Wildman–Crippen MR) is 70.6 cm³/mol. The number of fused-ring (bicyclic) bond motifs is 1. The summed E-state index contributed by atoms with van der Waals surface area (Å²) in [6, 6.07) is 7.00. The Kier molecular flexibility index (Phi) is 3.20. The molecule has 1 aliphatic heterocycles. The topological polar surface area (TPSA) is 29.9 Å². The summed E-state index contributed by atoms with van der Waals surface area (Å²) in [4.78, 5) is 4.43. The van der Waals surface area contributed by atoms with E-state index >= 15 is 0 Å². The SMILES string of the molecule is CC(c1nc2ccccc2n1CC(F)(F)F)C1CNC1. The molecule has 20 heavy (non-hydrogen) atoms. The van der Waals surface area contributed by atoms with Gasteiger partial charge in [0.2, 0.25) is 0 Å². The number of rotatable bonds is 3. The summed E-state index contributed by atoms with van der Waals surface area (Å²) in [7, 11) is 0. The average Bonchev–Trinajstić information content (AvgIpc) is 2.64. The van der Waals surface area contributed by atoms with E-state index in [0.717, 1.165) is 13.1 Å². The van der Waals surface area contributed by atoms with E-state index in [1.54, 1.807) is 24.3 Å². The lowest BCUT2D eigenvalue weighted by atomic mass is 9.88. The summed E-state index contributed by atoms with van der Waals surface area (Å²) >= 11 is 0. The lowest BCUT2D eigenvalue weighted by molar-refractivity contribution is -0.140. The number of imidazole rings is 1. The quantitative estimate of drug-likeness (QED) is 0.938. The van der Waals surface area contributed by atoms with Crippen LogP contribution in [0.25, 0.3) is 11.0 Å². The molecule has 2 heterocycles. The zero-order valence-electron chi connectivity index (χ0n) is 11.1. The van der Waals surface area contributed by atoms with Gasteiger partial charge in [-0.2, -0.15) is 13.2 Å². The highest BCUT2D eigenvalue weighted by Crippen LogP contribution is 2.31. The molecule has 108 valence electrons. The van der Waals surface area contributed by atoms with E-state index < -0.39 is 12.7 Å². The molecule has 0 spiro atoms. The summed E-state index contributed by atoms with van der Waals surface area (Å²) in [5.74, 6) is 0.917. The maximum absolute atomic E-state index is 12.8. The molecule has 1 unspecified atom stereocenters. The Labute approximate surface area is 114 Å². The monoisotopic (exact) mass is 283 g/mol. The van der Waals surface area contributed by atoms with Gasteiger partial charge < -0.3 is 9.88 Å². The van der Waals surface area contributed by atoms with Crippen LogP contribution in [0.15, 0.2) is 24.3 Å². The third-order valence-corrected chi connectivity index (χ3v) is 3.95. The molecule has 0 aliphatic carbocycles. The number of nitrogens with one attached hydrogen (secondary N) is 1. The van der Waals surface area contributed by atoms with Crippen LogP contribution in [0.2, 0.25) is 0 Å². The Hall–Kier alpha value is -1.56. The summed E-state index contributed by atoms with van der Waals surface area (Å²) in [5, 5.41) is 3.15. The zero-order valence-corrected chi connectivity index (χ0v) is 11.1. The minimum atomic E-state index is -4.24. The van der Waals surface area contributed by atoms with Crippen LogP contribution < -0.4 is 5.32 Å².